The van der Waals surface area contributed by atoms with Crippen LogP contribution < -0.4 is 21.3 Å². The lowest BCUT2D eigenvalue weighted by Gasteiger charge is -2.11. The lowest BCUT2D eigenvalue weighted by Crippen LogP contribution is -2.27. The van der Waals surface area contributed by atoms with E-state index in [1.54, 1.807) is 125 Å². The van der Waals surface area contributed by atoms with Gasteiger partial charge in [0.25, 0.3) is 0 Å². The van der Waals surface area contributed by atoms with Gasteiger partial charge in [0.05, 0.1) is 48.7 Å². The first kappa shape index (κ1) is 40.1. The smallest absolute Gasteiger partial charge is 0.338 e. The summed E-state index contributed by atoms with van der Waals surface area (Å²) < 4.78 is 20.4. The van der Waals surface area contributed by atoms with Crippen molar-refractivity contribution in [2.24, 2.45) is 20.0 Å². The molecule has 58 heavy (non-hydrogen) atoms. The van der Waals surface area contributed by atoms with E-state index in [9.17, 15) is 19.2 Å². The Morgan fingerprint density at radius 3 is 0.724 bits per heavy atom. The van der Waals surface area contributed by atoms with E-state index < -0.39 is 23.9 Å². The fraction of sp³-hybridized carbons (Fsp3) is 0.190. The number of esters is 4. The number of hydrogen-bond donors (Lipinski definition) is 4. The van der Waals surface area contributed by atoms with Crippen molar-refractivity contribution in [2.75, 3.05) is 47.7 Å². The Morgan fingerprint density at radius 2 is 0.552 bits per heavy atom. The van der Waals surface area contributed by atoms with E-state index in [1.165, 1.54) is 0 Å². The maximum Gasteiger partial charge on any atom is 0.338 e. The number of carbonyl (C=O) groups excluding carboxylic acids is 4. The van der Waals surface area contributed by atoms with Gasteiger partial charge in [0.1, 0.15) is 0 Å². The zero-order valence-electron chi connectivity index (χ0n) is 32.1. The van der Waals surface area contributed by atoms with Crippen LogP contribution in [0.25, 0.3) is 0 Å². The molecular formula is C42H40N8O8. The van der Waals surface area contributed by atoms with E-state index >= 15 is 0 Å². The predicted molar refractivity (Wildman–Crippen MR) is 221 cm³/mol. The molecule has 2 aliphatic rings. The summed E-state index contributed by atoms with van der Waals surface area (Å²) >= 11 is 0. The van der Waals surface area contributed by atoms with E-state index in [4.69, 9.17) is 38.9 Å². The monoisotopic (exact) mass is 784 g/mol. The largest absolute Gasteiger partial charge is 0.462 e. The van der Waals surface area contributed by atoms with Gasteiger partial charge in [-0.25, -0.2) is 39.1 Å². The van der Waals surface area contributed by atoms with E-state index in [0.717, 1.165) is 0 Å². The van der Waals surface area contributed by atoms with Crippen molar-refractivity contribution >= 4 is 70.0 Å². The van der Waals surface area contributed by atoms with Crippen LogP contribution in [0.1, 0.15) is 69.1 Å². The summed E-state index contributed by atoms with van der Waals surface area (Å²) in [5, 5.41) is 13.0. The highest BCUT2D eigenvalue weighted by atomic mass is 16.5. The van der Waals surface area contributed by atoms with Crippen molar-refractivity contribution in [3.8, 4) is 0 Å². The summed E-state index contributed by atoms with van der Waals surface area (Å²) in [4.78, 5) is 68.1. The summed E-state index contributed by atoms with van der Waals surface area (Å²) in [7, 11) is 0. The first-order valence-corrected chi connectivity index (χ1v) is 18.4. The van der Waals surface area contributed by atoms with Crippen molar-refractivity contribution in [1.29, 1.82) is 0 Å². The zero-order valence-corrected chi connectivity index (χ0v) is 32.1. The summed E-state index contributed by atoms with van der Waals surface area (Å²) in [5.41, 5.74) is 3.96. The van der Waals surface area contributed by atoms with Gasteiger partial charge in [0.15, 0.2) is 23.3 Å². The number of aliphatic imine (C=N–C) groups is 4. The normalized spacial score (nSPS) is 13.0. The number of anilines is 4. The van der Waals surface area contributed by atoms with Gasteiger partial charge in [-0.15, -0.1) is 0 Å². The third kappa shape index (κ3) is 9.97. The maximum atomic E-state index is 12.3. The van der Waals surface area contributed by atoms with Crippen LogP contribution in [0.15, 0.2) is 129 Å². The summed E-state index contributed by atoms with van der Waals surface area (Å²) in [6, 6.07) is 26.7. The van der Waals surface area contributed by atoms with Crippen LogP contribution in [-0.4, -0.2) is 73.6 Å². The number of amidine groups is 4. The van der Waals surface area contributed by atoms with Crippen LogP contribution in [0, 0.1) is 0 Å². The van der Waals surface area contributed by atoms with Gasteiger partial charge >= 0.3 is 23.9 Å². The molecule has 0 aliphatic carbocycles. The van der Waals surface area contributed by atoms with Gasteiger partial charge in [-0.3, -0.25) is 0 Å². The van der Waals surface area contributed by atoms with Gasteiger partial charge in [0, 0.05) is 22.7 Å². The molecule has 0 spiro atoms. The summed E-state index contributed by atoms with van der Waals surface area (Å²) in [6.07, 6.45) is 0. The van der Waals surface area contributed by atoms with Crippen LogP contribution in [-0.2, 0) is 18.9 Å². The van der Waals surface area contributed by atoms with E-state index in [0.29, 0.717) is 68.3 Å². The Bertz CT molecular complexity index is 2000. The molecule has 4 aromatic carbocycles. The number of rotatable bonds is 12. The van der Waals surface area contributed by atoms with Gasteiger partial charge in [-0.1, -0.05) is 0 Å². The Morgan fingerprint density at radius 1 is 0.362 bits per heavy atom. The lowest BCUT2D eigenvalue weighted by molar-refractivity contribution is 0.0517. The Hall–Kier alpha value is -7.62. The van der Waals surface area contributed by atoms with Crippen molar-refractivity contribution < 1.29 is 38.1 Å². The fourth-order valence-electron chi connectivity index (χ4n) is 5.40. The Labute approximate surface area is 333 Å². The molecule has 0 unspecified atom stereocenters. The zero-order chi connectivity index (χ0) is 41.0. The molecule has 4 aromatic rings. The predicted octanol–water partition coefficient (Wildman–Crippen LogP) is 6.89. The molecule has 4 N–H and O–H groups in total. The highest BCUT2D eigenvalue weighted by molar-refractivity contribution is 6.51. The molecule has 16 nitrogen and oxygen atoms in total. The third-order valence-corrected chi connectivity index (χ3v) is 8.15. The average molecular weight is 785 g/mol. The molecule has 0 bridgehead atoms. The number of hydrogen-bond acceptors (Lipinski definition) is 16. The van der Waals surface area contributed by atoms with Crippen molar-refractivity contribution in [3.63, 3.8) is 0 Å². The second kappa shape index (κ2) is 18.8. The van der Waals surface area contributed by atoms with Crippen LogP contribution in [0.2, 0.25) is 0 Å². The Balaban J connectivity index is 1.35. The van der Waals surface area contributed by atoms with E-state index in [1.807, 2.05) is 0 Å². The van der Waals surface area contributed by atoms with Crippen LogP contribution in [0.4, 0.5) is 22.7 Å². The SMILES string of the molecule is CCOC(=O)c1ccc(NC2=NC(=C3N=C(Nc4ccc(C(=O)OCC)cc4)C(Nc4ccc(C(=O)OCC)cc4)=N3)N=C2Nc2ccc(C(=O)OCC)cc2)cc1. The summed E-state index contributed by atoms with van der Waals surface area (Å²) in [5.74, 6) is -0.203. The van der Waals surface area contributed by atoms with Crippen molar-refractivity contribution in [2.45, 2.75) is 27.7 Å². The second-order valence-corrected chi connectivity index (χ2v) is 12.2. The standard InChI is InChI=1S/C42H40N8O8/c1-5-55-39(51)25-9-17-29(18-10-25)43-33-34(44-30-19-11-26(12-20-30)40(52)56-6-2)48-37(47-33)38-49-35(45-31-21-13-27(14-22-31)41(53)57-7-3)36(50-38)46-32-23-15-28(16-24-32)42(54)58-8-4/h9-24H,5-8H2,1-4H3,(H,43,47)(H,44,48)(H,45,49)(H,46,50). The van der Waals surface area contributed by atoms with E-state index in [-0.39, 0.29) is 38.1 Å². The molecule has 16 heteroatoms. The lowest BCUT2D eigenvalue weighted by atomic mass is 10.2. The molecule has 0 fully saturated rings. The maximum absolute atomic E-state index is 12.3. The van der Waals surface area contributed by atoms with Crippen molar-refractivity contribution in [3.05, 3.63) is 131 Å². The quantitative estimate of drug-likeness (QED) is 0.0857. The molecule has 0 radical (unpaired) electrons. The molecule has 2 heterocycles. The van der Waals surface area contributed by atoms with Crippen molar-refractivity contribution in [1.82, 2.24) is 0 Å². The molecule has 0 saturated heterocycles. The molecule has 0 atom stereocenters. The third-order valence-electron chi connectivity index (χ3n) is 8.15. The second-order valence-electron chi connectivity index (χ2n) is 12.2. The number of nitrogens with zero attached hydrogens (tertiary/aromatic N) is 4. The van der Waals surface area contributed by atoms with Crippen LogP contribution in [0.3, 0.4) is 0 Å². The minimum atomic E-state index is -0.440. The van der Waals surface area contributed by atoms with Crippen LogP contribution in [0.5, 0.6) is 0 Å². The van der Waals surface area contributed by atoms with Gasteiger partial charge in [-0.2, -0.15) is 0 Å². The molecule has 0 aromatic heterocycles. The number of carbonyl (C=O) groups is 4. The minimum absolute atomic E-state index is 0.155. The highest BCUT2D eigenvalue weighted by Crippen LogP contribution is 2.25. The number of benzene rings is 4. The Kier molecular flexibility index (Phi) is 13.0. The molecule has 0 saturated carbocycles. The van der Waals surface area contributed by atoms with Gasteiger partial charge in [0.2, 0.25) is 11.6 Å². The fourth-order valence-corrected chi connectivity index (χ4v) is 5.40. The minimum Gasteiger partial charge on any atom is -0.462 e. The molecular weight excluding hydrogens is 745 g/mol. The molecule has 0 amide bonds. The first-order chi connectivity index (χ1) is 28.2. The first-order valence-electron chi connectivity index (χ1n) is 18.4. The van der Waals surface area contributed by atoms with Crippen LogP contribution >= 0.6 is 0 Å². The number of nitrogens with one attached hydrogen (secondary N) is 4. The van der Waals surface area contributed by atoms with Gasteiger partial charge < -0.3 is 40.2 Å². The molecule has 6 rings (SSSR count). The number of ether oxygens (including phenoxy) is 4. The molecule has 2 aliphatic heterocycles. The van der Waals surface area contributed by atoms with E-state index in [2.05, 4.69) is 21.3 Å². The highest BCUT2D eigenvalue weighted by Gasteiger charge is 2.26. The molecule has 296 valence electrons. The topological polar surface area (TPSA) is 203 Å². The average Bonchev–Trinajstić information content (AvgIpc) is 3.82. The summed E-state index contributed by atoms with van der Waals surface area (Å²) in [6.45, 7) is 7.96. The van der Waals surface area contributed by atoms with Gasteiger partial charge in [-0.05, 0) is 125 Å².